The van der Waals surface area contributed by atoms with Crippen LogP contribution >= 0.6 is 0 Å². The minimum atomic E-state index is -1.82. The van der Waals surface area contributed by atoms with Crippen LogP contribution < -0.4 is 14.8 Å². The van der Waals surface area contributed by atoms with E-state index < -0.39 is 11.9 Å². The molecule has 3 N–H and O–H groups in total. The highest BCUT2D eigenvalue weighted by atomic mass is 16.5. The highest BCUT2D eigenvalue weighted by Gasteiger charge is 2.30. The molecule has 0 radical (unpaired) electrons. The Morgan fingerprint density at radius 2 is 1.87 bits per heavy atom. The maximum Gasteiger partial charge on any atom is 0.414 e. The number of nitrogens with zero attached hydrogens (tertiary/aromatic N) is 1. The van der Waals surface area contributed by atoms with Crippen molar-refractivity contribution < 1.29 is 34.1 Å². The molecule has 1 aromatic carbocycles. The summed E-state index contributed by atoms with van der Waals surface area (Å²) in [5, 5.41) is 17.8. The van der Waals surface area contributed by atoms with Crippen LogP contribution in [0.4, 0.5) is 5.69 Å². The molecule has 1 saturated heterocycles. The molecule has 1 aliphatic heterocycles. The molecule has 0 spiro atoms. The number of ether oxygens (including phenoxy) is 2. The number of likely N-dealkylation sites (tertiary alicyclic amines) is 1. The van der Waals surface area contributed by atoms with Gasteiger partial charge in [-0.1, -0.05) is 27.2 Å². The van der Waals surface area contributed by atoms with Crippen LogP contribution in [0.25, 0.3) is 0 Å². The monoisotopic (exact) mass is 438 g/mol. The van der Waals surface area contributed by atoms with Crippen LogP contribution in [0.2, 0.25) is 0 Å². The molecular formula is C22H34N2O7. The number of carbonyl (C=O) groups excluding carboxylic acids is 1. The summed E-state index contributed by atoms with van der Waals surface area (Å²) in [4.78, 5) is 33.2. The third kappa shape index (κ3) is 9.25. The molecule has 1 fully saturated rings. The van der Waals surface area contributed by atoms with E-state index in [1.807, 2.05) is 18.2 Å². The van der Waals surface area contributed by atoms with Crippen LogP contribution in [0.5, 0.6) is 11.5 Å². The van der Waals surface area contributed by atoms with E-state index in [1.54, 1.807) is 7.11 Å². The summed E-state index contributed by atoms with van der Waals surface area (Å²) in [6, 6.07) is 5.54. The lowest BCUT2D eigenvalue weighted by atomic mass is 10.2. The van der Waals surface area contributed by atoms with Crippen LogP contribution in [0.1, 0.15) is 46.5 Å². The maximum atomic E-state index is 12.7. The largest absolute Gasteiger partial charge is 0.493 e. The number of carboxylic acids is 2. The summed E-state index contributed by atoms with van der Waals surface area (Å²) in [6.45, 7) is 9.01. The van der Waals surface area contributed by atoms with E-state index >= 15 is 0 Å². The van der Waals surface area contributed by atoms with Crippen LogP contribution in [-0.4, -0.2) is 65.8 Å². The van der Waals surface area contributed by atoms with Crippen molar-refractivity contribution in [1.82, 2.24) is 4.90 Å². The smallest absolute Gasteiger partial charge is 0.414 e. The predicted octanol–water partition coefficient (Wildman–Crippen LogP) is 3.09. The second kappa shape index (κ2) is 13.5. The quantitative estimate of drug-likeness (QED) is 0.502. The zero-order valence-corrected chi connectivity index (χ0v) is 18.7. The third-order valence-electron chi connectivity index (χ3n) is 4.65. The average Bonchev–Trinajstić information content (AvgIpc) is 3.20. The van der Waals surface area contributed by atoms with Gasteiger partial charge in [0.2, 0.25) is 5.91 Å². The normalized spacial score (nSPS) is 15.7. The molecule has 1 amide bonds. The van der Waals surface area contributed by atoms with Crippen molar-refractivity contribution in [2.24, 2.45) is 5.92 Å². The van der Waals surface area contributed by atoms with E-state index in [1.165, 1.54) is 0 Å². The van der Waals surface area contributed by atoms with Gasteiger partial charge in [0.15, 0.2) is 11.5 Å². The molecule has 9 heteroatoms. The minimum Gasteiger partial charge on any atom is -0.493 e. The van der Waals surface area contributed by atoms with Gasteiger partial charge in [0.1, 0.15) is 0 Å². The molecule has 0 aliphatic carbocycles. The Kier molecular flexibility index (Phi) is 11.4. The first-order valence-electron chi connectivity index (χ1n) is 10.5. The summed E-state index contributed by atoms with van der Waals surface area (Å²) < 4.78 is 11.2. The molecule has 1 aliphatic rings. The first-order valence-corrected chi connectivity index (χ1v) is 10.5. The van der Waals surface area contributed by atoms with Gasteiger partial charge in [-0.15, -0.1) is 0 Å². The van der Waals surface area contributed by atoms with Crippen molar-refractivity contribution >= 4 is 23.5 Å². The number of hydrogen-bond acceptors (Lipinski definition) is 6. The molecule has 0 aromatic heterocycles. The van der Waals surface area contributed by atoms with Gasteiger partial charge in [0.25, 0.3) is 0 Å². The molecule has 2 rings (SSSR count). The lowest BCUT2D eigenvalue weighted by molar-refractivity contribution is -0.159. The van der Waals surface area contributed by atoms with Crippen molar-refractivity contribution in [2.75, 3.05) is 32.1 Å². The number of carbonyl (C=O) groups is 3. The van der Waals surface area contributed by atoms with Crippen LogP contribution in [0.3, 0.4) is 0 Å². The molecule has 1 atom stereocenters. The summed E-state index contributed by atoms with van der Waals surface area (Å²) in [7, 11) is 1.62. The van der Waals surface area contributed by atoms with Crippen molar-refractivity contribution in [3.63, 3.8) is 0 Å². The SMILES string of the molecule is CCCCN1CCCC1C(=O)Nc1ccc(OC)c(OCC(C)C)c1.O=C(O)C(=O)O. The number of nitrogens with one attached hydrogen (secondary N) is 1. The molecule has 1 unspecified atom stereocenters. The van der Waals surface area contributed by atoms with Gasteiger partial charge >= 0.3 is 11.9 Å². The van der Waals surface area contributed by atoms with Gasteiger partial charge in [-0.05, 0) is 50.4 Å². The highest BCUT2D eigenvalue weighted by molar-refractivity contribution is 6.27. The zero-order valence-electron chi connectivity index (χ0n) is 18.7. The average molecular weight is 439 g/mol. The lowest BCUT2D eigenvalue weighted by Gasteiger charge is -2.23. The first-order chi connectivity index (χ1) is 14.7. The Morgan fingerprint density at radius 1 is 1.19 bits per heavy atom. The summed E-state index contributed by atoms with van der Waals surface area (Å²) in [6.07, 6.45) is 4.31. The third-order valence-corrected chi connectivity index (χ3v) is 4.65. The van der Waals surface area contributed by atoms with E-state index in [0.717, 1.165) is 44.5 Å². The van der Waals surface area contributed by atoms with Gasteiger partial charge in [0.05, 0.1) is 19.8 Å². The van der Waals surface area contributed by atoms with E-state index in [-0.39, 0.29) is 11.9 Å². The second-order valence-corrected chi connectivity index (χ2v) is 7.72. The van der Waals surface area contributed by atoms with Gasteiger partial charge in [-0.2, -0.15) is 0 Å². The van der Waals surface area contributed by atoms with Gasteiger partial charge in [0, 0.05) is 11.8 Å². The number of unbranched alkanes of at least 4 members (excludes halogenated alkanes) is 1. The highest BCUT2D eigenvalue weighted by Crippen LogP contribution is 2.31. The Bertz CT molecular complexity index is 725. The first kappa shape index (κ1) is 26.2. The maximum absolute atomic E-state index is 12.7. The van der Waals surface area contributed by atoms with Crippen LogP contribution in [-0.2, 0) is 14.4 Å². The molecule has 1 aromatic rings. The molecule has 1 heterocycles. The van der Waals surface area contributed by atoms with Crippen LogP contribution in [0, 0.1) is 5.92 Å². The Hall–Kier alpha value is -2.81. The van der Waals surface area contributed by atoms with E-state index in [4.69, 9.17) is 29.3 Å². The number of methoxy groups -OCH3 is 1. The number of rotatable bonds is 9. The Balaban J connectivity index is 0.000000703. The predicted molar refractivity (Wildman–Crippen MR) is 117 cm³/mol. The molecule has 0 saturated carbocycles. The number of hydrogen-bond donors (Lipinski definition) is 3. The minimum absolute atomic E-state index is 0.0197. The molecule has 31 heavy (non-hydrogen) atoms. The number of amides is 1. The van der Waals surface area contributed by atoms with E-state index in [0.29, 0.717) is 24.0 Å². The topological polar surface area (TPSA) is 125 Å². The molecule has 0 bridgehead atoms. The Labute approximate surface area is 183 Å². The fraction of sp³-hybridized carbons (Fsp3) is 0.591. The van der Waals surface area contributed by atoms with Crippen molar-refractivity contribution in [1.29, 1.82) is 0 Å². The summed E-state index contributed by atoms with van der Waals surface area (Å²) >= 11 is 0. The summed E-state index contributed by atoms with van der Waals surface area (Å²) in [5.74, 6) is -1.79. The molecule has 9 nitrogen and oxygen atoms in total. The lowest BCUT2D eigenvalue weighted by Crippen LogP contribution is -2.40. The van der Waals surface area contributed by atoms with Crippen molar-refractivity contribution in [3.05, 3.63) is 18.2 Å². The van der Waals surface area contributed by atoms with Gasteiger partial charge in [-0.3, -0.25) is 9.69 Å². The number of anilines is 1. The number of aliphatic carboxylic acids is 2. The van der Waals surface area contributed by atoms with E-state index in [2.05, 4.69) is 31.0 Å². The molecule has 174 valence electrons. The van der Waals surface area contributed by atoms with Gasteiger partial charge < -0.3 is 25.0 Å². The zero-order chi connectivity index (χ0) is 23.4. The standard InChI is InChI=1S/C20H32N2O3.C2H2O4/c1-5-6-11-22-12-7-8-17(22)20(23)21-16-9-10-18(24-4)19(13-16)25-14-15(2)3;3-1(4)2(5)6/h9-10,13,15,17H,5-8,11-12,14H2,1-4H3,(H,21,23);(H,3,4)(H,5,6). The van der Waals surface area contributed by atoms with Crippen molar-refractivity contribution in [2.45, 2.75) is 52.5 Å². The number of carboxylic acid groups (broad SMARTS) is 2. The second-order valence-electron chi connectivity index (χ2n) is 7.72. The fourth-order valence-electron chi connectivity index (χ4n) is 3.10. The fourth-order valence-corrected chi connectivity index (χ4v) is 3.10. The van der Waals surface area contributed by atoms with Gasteiger partial charge in [-0.25, -0.2) is 9.59 Å². The number of benzene rings is 1. The summed E-state index contributed by atoms with van der Waals surface area (Å²) in [5.41, 5.74) is 0.756. The van der Waals surface area contributed by atoms with E-state index in [9.17, 15) is 4.79 Å². The molecular weight excluding hydrogens is 404 g/mol. The Morgan fingerprint density at radius 3 is 2.42 bits per heavy atom. The van der Waals surface area contributed by atoms with Crippen molar-refractivity contribution in [3.8, 4) is 11.5 Å². The van der Waals surface area contributed by atoms with Crippen LogP contribution in [0.15, 0.2) is 18.2 Å².